The first kappa shape index (κ1) is 17.0. The Bertz CT molecular complexity index is 629. The third kappa shape index (κ3) is 3.61. The predicted molar refractivity (Wildman–Crippen MR) is 93.3 cm³/mol. The van der Waals surface area contributed by atoms with Gasteiger partial charge < -0.3 is 10.2 Å². The highest BCUT2D eigenvalue weighted by Gasteiger charge is 2.43. The Morgan fingerprint density at radius 1 is 1.25 bits per heavy atom. The summed E-state index contributed by atoms with van der Waals surface area (Å²) < 4.78 is 0. The van der Waals surface area contributed by atoms with Gasteiger partial charge >= 0.3 is 0 Å². The molecule has 2 saturated heterocycles. The minimum absolute atomic E-state index is 0.00538. The Morgan fingerprint density at radius 2 is 2.04 bits per heavy atom. The summed E-state index contributed by atoms with van der Waals surface area (Å²) in [5.41, 5.74) is 2.50. The van der Waals surface area contributed by atoms with E-state index in [9.17, 15) is 9.59 Å². The van der Waals surface area contributed by atoms with E-state index in [-0.39, 0.29) is 23.9 Å². The number of carbonyl (C=O) groups excluding carboxylic acids is 2. The van der Waals surface area contributed by atoms with E-state index in [2.05, 4.69) is 55.3 Å². The Morgan fingerprint density at radius 3 is 2.75 bits per heavy atom. The van der Waals surface area contributed by atoms with Crippen LogP contribution in [0.3, 0.4) is 0 Å². The fraction of sp³-hybridized carbons (Fsp3) is 0.579. The van der Waals surface area contributed by atoms with Crippen LogP contribution in [-0.2, 0) is 16.1 Å². The topological polar surface area (TPSA) is 52.6 Å². The first-order chi connectivity index (χ1) is 11.4. The smallest absolute Gasteiger partial charge is 0.245 e. The molecule has 0 saturated carbocycles. The van der Waals surface area contributed by atoms with Gasteiger partial charge in [-0.05, 0) is 24.8 Å². The van der Waals surface area contributed by atoms with E-state index in [1.54, 1.807) is 4.90 Å². The van der Waals surface area contributed by atoms with Crippen LogP contribution in [0.2, 0.25) is 0 Å². The van der Waals surface area contributed by atoms with Crippen molar-refractivity contribution in [3.63, 3.8) is 0 Å². The number of benzene rings is 1. The van der Waals surface area contributed by atoms with Crippen molar-refractivity contribution < 1.29 is 9.59 Å². The molecule has 5 heteroatoms. The lowest BCUT2D eigenvalue weighted by Crippen LogP contribution is -2.69. The molecule has 0 spiro atoms. The molecule has 2 heterocycles. The van der Waals surface area contributed by atoms with Crippen molar-refractivity contribution in [3.05, 3.63) is 35.4 Å². The number of amides is 2. The quantitative estimate of drug-likeness (QED) is 0.912. The number of hydrogen-bond acceptors (Lipinski definition) is 3. The highest BCUT2D eigenvalue weighted by Crippen LogP contribution is 2.20. The second kappa shape index (κ2) is 6.93. The third-order valence-corrected chi connectivity index (χ3v) is 4.86. The van der Waals surface area contributed by atoms with Crippen molar-refractivity contribution in [1.29, 1.82) is 0 Å². The van der Waals surface area contributed by atoms with Crippen LogP contribution in [0.25, 0.3) is 0 Å². The number of fused-ring (bicyclic) bond motifs is 1. The van der Waals surface area contributed by atoms with Gasteiger partial charge in [0, 0.05) is 26.2 Å². The molecule has 24 heavy (non-hydrogen) atoms. The monoisotopic (exact) mass is 329 g/mol. The summed E-state index contributed by atoms with van der Waals surface area (Å²) in [5, 5.41) is 2.93. The summed E-state index contributed by atoms with van der Waals surface area (Å²) in [6.45, 7) is 9.12. The fourth-order valence-electron chi connectivity index (χ4n) is 3.70. The minimum atomic E-state index is -0.350. The van der Waals surface area contributed by atoms with Crippen LogP contribution in [0.1, 0.15) is 31.4 Å². The maximum Gasteiger partial charge on any atom is 0.245 e. The molecule has 0 unspecified atom stereocenters. The standard InChI is InChI=1S/C19H27N3O2/c1-13(2)9-16-19(24)22-8-7-21(12-17(22)18(23)20-16)11-15-6-4-5-14(3)10-15/h4-6,10,13,16-17H,7-9,11-12H2,1-3H3,(H,20,23)/t16-,17-/m1/s1. The van der Waals surface area contributed by atoms with E-state index in [1.807, 2.05) is 0 Å². The molecule has 2 aliphatic rings. The van der Waals surface area contributed by atoms with Crippen LogP contribution >= 0.6 is 0 Å². The van der Waals surface area contributed by atoms with Gasteiger partial charge in [-0.1, -0.05) is 43.7 Å². The average molecular weight is 329 g/mol. The molecule has 3 rings (SSSR count). The lowest BCUT2D eigenvalue weighted by molar-refractivity contribution is -0.153. The first-order valence-corrected chi connectivity index (χ1v) is 8.83. The van der Waals surface area contributed by atoms with Gasteiger partial charge in [0.25, 0.3) is 0 Å². The molecule has 0 aromatic heterocycles. The molecule has 0 radical (unpaired) electrons. The summed E-state index contributed by atoms with van der Waals surface area (Å²) in [5.74, 6) is 0.469. The molecule has 0 aliphatic carbocycles. The molecule has 5 nitrogen and oxygen atoms in total. The summed E-state index contributed by atoms with van der Waals surface area (Å²) in [6.07, 6.45) is 0.709. The highest BCUT2D eigenvalue weighted by atomic mass is 16.2. The largest absolute Gasteiger partial charge is 0.342 e. The van der Waals surface area contributed by atoms with E-state index >= 15 is 0 Å². The highest BCUT2D eigenvalue weighted by molar-refractivity contribution is 5.97. The van der Waals surface area contributed by atoms with E-state index in [0.717, 1.165) is 13.1 Å². The van der Waals surface area contributed by atoms with Gasteiger partial charge in [0.1, 0.15) is 12.1 Å². The Kier molecular flexibility index (Phi) is 4.90. The van der Waals surface area contributed by atoms with Crippen LogP contribution in [0.15, 0.2) is 24.3 Å². The minimum Gasteiger partial charge on any atom is -0.342 e. The van der Waals surface area contributed by atoms with Crippen LogP contribution in [0.5, 0.6) is 0 Å². The first-order valence-electron chi connectivity index (χ1n) is 8.83. The zero-order valence-electron chi connectivity index (χ0n) is 14.8. The molecule has 1 N–H and O–H groups in total. The Hall–Kier alpha value is -1.88. The molecule has 1 aromatic carbocycles. The average Bonchev–Trinajstić information content (AvgIpc) is 2.52. The van der Waals surface area contributed by atoms with Gasteiger partial charge in [-0.3, -0.25) is 14.5 Å². The molecule has 2 aliphatic heterocycles. The summed E-state index contributed by atoms with van der Waals surface area (Å²) >= 11 is 0. The van der Waals surface area contributed by atoms with Gasteiger partial charge in [-0.25, -0.2) is 0 Å². The van der Waals surface area contributed by atoms with E-state index < -0.39 is 0 Å². The summed E-state index contributed by atoms with van der Waals surface area (Å²) in [7, 11) is 0. The number of nitrogens with zero attached hydrogens (tertiary/aromatic N) is 2. The molecular weight excluding hydrogens is 302 g/mol. The van der Waals surface area contributed by atoms with Crippen molar-refractivity contribution in [3.8, 4) is 0 Å². The molecule has 2 fully saturated rings. The van der Waals surface area contributed by atoms with Gasteiger partial charge in [0.15, 0.2) is 0 Å². The number of aryl methyl sites for hydroxylation is 1. The maximum absolute atomic E-state index is 12.6. The third-order valence-electron chi connectivity index (χ3n) is 4.86. The number of nitrogens with one attached hydrogen (secondary N) is 1. The molecule has 130 valence electrons. The lowest BCUT2D eigenvalue weighted by Gasteiger charge is -2.45. The molecular formula is C19H27N3O2. The lowest BCUT2D eigenvalue weighted by atomic mass is 9.97. The number of piperazine rings is 2. The van der Waals surface area contributed by atoms with Gasteiger partial charge in [-0.2, -0.15) is 0 Å². The van der Waals surface area contributed by atoms with Crippen molar-refractivity contribution in [2.45, 2.75) is 45.8 Å². The second-order valence-corrected chi connectivity index (χ2v) is 7.46. The Labute approximate surface area is 144 Å². The maximum atomic E-state index is 12.6. The second-order valence-electron chi connectivity index (χ2n) is 7.46. The van der Waals surface area contributed by atoms with Crippen LogP contribution in [-0.4, -0.2) is 53.3 Å². The molecule has 2 amide bonds. The van der Waals surface area contributed by atoms with Crippen LogP contribution < -0.4 is 5.32 Å². The van der Waals surface area contributed by atoms with Crippen molar-refractivity contribution in [2.75, 3.05) is 19.6 Å². The molecule has 2 atom stereocenters. The fourth-order valence-corrected chi connectivity index (χ4v) is 3.70. The SMILES string of the molecule is Cc1cccc(CN2CCN3C(=O)[C@@H](CC(C)C)NC(=O)[C@H]3C2)c1. The summed E-state index contributed by atoms with van der Waals surface area (Å²) in [6, 6.07) is 7.75. The van der Waals surface area contributed by atoms with Gasteiger partial charge in [0.2, 0.25) is 11.8 Å². The predicted octanol–water partition coefficient (Wildman–Crippen LogP) is 1.55. The van der Waals surface area contributed by atoms with Crippen LogP contribution in [0, 0.1) is 12.8 Å². The van der Waals surface area contributed by atoms with Gasteiger partial charge in [-0.15, -0.1) is 0 Å². The molecule has 1 aromatic rings. The molecule has 0 bridgehead atoms. The van der Waals surface area contributed by atoms with Crippen molar-refractivity contribution >= 4 is 11.8 Å². The normalized spacial score (nSPS) is 24.9. The van der Waals surface area contributed by atoms with Crippen LogP contribution in [0.4, 0.5) is 0 Å². The number of rotatable bonds is 4. The number of carbonyl (C=O) groups is 2. The zero-order chi connectivity index (χ0) is 17.3. The van der Waals surface area contributed by atoms with E-state index in [4.69, 9.17) is 0 Å². The zero-order valence-corrected chi connectivity index (χ0v) is 14.8. The van der Waals surface area contributed by atoms with Crippen molar-refractivity contribution in [1.82, 2.24) is 15.1 Å². The van der Waals surface area contributed by atoms with Gasteiger partial charge in [0.05, 0.1) is 0 Å². The van der Waals surface area contributed by atoms with Crippen molar-refractivity contribution in [2.24, 2.45) is 5.92 Å². The van der Waals surface area contributed by atoms with E-state index in [0.29, 0.717) is 25.4 Å². The Balaban J connectivity index is 1.66. The number of hydrogen-bond donors (Lipinski definition) is 1. The summed E-state index contributed by atoms with van der Waals surface area (Å²) in [4.78, 5) is 29.2. The van der Waals surface area contributed by atoms with E-state index in [1.165, 1.54) is 11.1 Å².